The smallest absolute Gasteiger partial charge is 0.126 e. The van der Waals surface area contributed by atoms with Gasteiger partial charge in [-0.3, -0.25) is 0 Å². The summed E-state index contributed by atoms with van der Waals surface area (Å²) in [6.07, 6.45) is 0. The van der Waals surface area contributed by atoms with Gasteiger partial charge in [0.1, 0.15) is 11.5 Å². The third-order valence-electron chi connectivity index (χ3n) is 6.72. The number of benzene rings is 3. The van der Waals surface area contributed by atoms with E-state index in [4.69, 9.17) is 19.4 Å². The lowest BCUT2D eigenvalue weighted by Crippen LogP contribution is -2.02. The van der Waals surface area contributed by atoms with Gasteiger partial charge < -0.3 is 9.47 Å². The molecule has 4 heteroatoms. The molecule has 0 aliphatic carbocycles. The molecule has 0 aliphatic heterocycles. The van der Waals surface area contributed by atoms with Gasteiger partial charge in [0.25, 0.3) is 0 Å². The Hall–Kier alpha value is -3.92. The van der Waals surface area contributed by atoms with E-state index < -0.39 is 0 Å². The molecule has 0 spiro atoms. The maximum Gasteiger partial charge on any atom is 0.126 e. The van der Waals surface area contributed by atoms with Gasteiger partial charge in [0.2, 0.25) is 0 Å². The highest BCUT2D eigenvalue weighted by molar-refractivity contribution is 6.05. The molecule has 5 aromatic rings. The van der Waals surface area contributed by atoms with Crippen molar-refractivity contribution in [3.05, 3.63) is 84.2 Å². The molecule has 0 fully saturated rings. The Labute approximate surface area is 212 Å². The van der Waals surface area contributed by atoms with Crippen molar-refractivity contribution < 1.29 is 9.47 Å². The van der Waals surface area contributed by atoms with Crippen molar-refractivity contribution in [3.63, 3.8) is 0 Å². The molecule has 0 unspecified atom stereocenters. The van der Waals surface area contributed by atoms with Gasteiger partial charge in [-0.1, -0.05) is 76.2 Å². The van der Waals surface area contributed by atoms with Crippen molar-refractivity contribution in [1.82, 2.24) is 9.97 Å². The SMILES string of the molecule is COc1ccccc1-c1cc2ccc3cc(-c4ccccc4OC)c(C(C)C)nc3c2nc1C(C)C. The van der Waals surface area contributed by atoms with E-state index in [9.17, 15) is 0 Å². The quantitative estimate of drug-likeness (QED) is 0.231. The maximum absolute atomic E-state index is 5.68. The molecule has 0 saturated heterocycles. The Kier molecular flexibility index (Phi) is 6.36. The van der Waals surface area contributed by atoms with Crippen LogP contribution in [0.25, 0.3) is 44.1 Å². The summed E-state index contributed by atoms with van der Waals surface area (Å²) in [5.41, 5.74) is 8.27. The number of rotatable bonds is 6. The zero-order valence-electron chi connectivity index (χ0n) is 21.8. The summed E-state index contributed by atoms with van der Waals surface area (Å²) in [5, 5.41) is 2.14. The lowest BCUT2D eigenvalue weighted by molar-refractivity contribution is 0.416. The van der Waals surface area contributed by atoms with Crippen molar-refractivity contribution in [1.29, 1.82) is 0 Å². The van der Waals surface area contributed by atoms with Gasteiger partial charge in [-0.15, -0.1) is 0 Å². The lowest BCUT2D eigenvalue weighted by atomic mass is 9.93. The van der Waals surface area contributed by atoms with E-state index in [2.05, 4.69) is 64.1 Å². The Morgan fingerprint density at radius 2 is 0.917 bits per heavy atom. The number of pyridine rings is 2. The van der Waals surface area contributed by atoms with Crippen LogP contribution in [-0.4, -0.2) is 24.2 Å². The molecule has 5 rings (SSSR count). The molecule has 182 valence electrons. The van der Waals surface area contributed by atoms with Crippen molar-refractivity contribution in [2.45, 2.75) is 39.5 Å². The van der Waals surface area contributed by atoms with Gasteiger partial charge in [-0.05, 0) is 36.1 Å². The molecular formula is C32H32N2O2. The van der Waals surface area contributed by atoms with Crippen molar-refractivity contribution in [2.75, 3.05) is 14.2 Å². The monoisotopic (exact) mass is 476 g/mol. The minimum absolute atomic E-state index is 0.238. The first-order chi connectivity index (χ1) is 17.4. The number of methoxy groups -OCH3 is 2. The molecule has 4 nitrogen and oxygen atoms in total. The minimum Gasteiger partial charge on any atom is -0.496 e. The predicted octanol–water partition coefficient (Wildman–Crippen LogP) is 8.38. The largest absolute Gasteiger partial charge is 0.496 e. The molecule has 2 aromatic heterocycles. The molecule has 36 heavy (non-hydrogen) atoms. The zero-order valence-corrected chi connectivity index (χ0v) is 21.8. The molecule has 3 aromatic carbocycles. The molecule has 0 radical (unpaired) electrons. The number of nitrogens with zero attached hydrogens (tertiary/aromatic N) is 2. The molecule has 0 bridgehead atoms. The normalized spacial score (nSPS) is 11.6. The van der Waals surface area contributed by atoms with Gasteiger partial charge in [-0.25, -0.2) is 9.97 Å². The first-order valence-electron chi connectivity index (χ1n) is 12.5. The standard InChI is InChI=1S/C32H32N2O2/c1-19(2)29-25(23-11-7-9-13-27(23)35-5)17-21-15-16-22-18-26(24-12-8-10-14-28(24)36-6)30(20(3)4)34-32(22)31(21)33-29/h7-20H,1-6H3. The molecule has 0 saturated carbocycles. The van der Waals surface area contributed by atoms with E-state index in [-0.39, 0.29) is 11.8 Å². The molecule has 0 atom stereocenters. The van der Waals surface area contributed by atoms with Crippen LogP contribution in [0.15, 0.2) is 72.8 Å². The van der Waals surface area contributed by atoms with Gasteiger partial charge in [0, 0.05) is 33.0 Å². The van der Waals surface area contributed by atoms with E-state index in [1.807, 2.05) is 36.4 Å². The highest BCUT2D eigenvalue weighted by atomic mass is 16.5. The molecular weight excluding hydrogens is 444 g/mol. The fourth-order valence-electron chi connectivity index (χ4n) is 4.95. The van der Waals surface area contributed by atoms with Crippen molar-refractivity contribution >= 4 is 21.8 Å². The number of hydrogen-bond acceptors (Lipinski definition) is 4. The van der Waals surface area contributed by atoms with Gasteiger partial charge in [-0.2, -0.15) is 0 Å². The van der Waals surface area contributed by atoms with Crippen LogP contribution in [0.2, 0.25) is 0 Å². The van der Waals surface area contributed by atoms with Gasteiger partial charge in [0.15, 0.2) is 0 Å². The molecule has 2 heterocycles. The summed E-state index contributed by atoms with van der Waals surface area (Å²) in [4.78, 5) is 10.5. The Morgan fingerprint density at radius 1 is 0.528 bits per heavy atom. The van der Waals surface area contributed by atoms with Crippen LogP contribution in [0.1, 0.15) is 50.9 Å². The van der Waals surface area contributed by atoms with Crippen LogP contribution in [0, 0.1) is 0 Å². The topological polar surface area (TPSA) is 44.2 Å². The van der Waals surface area contributed by atoms with E-state index in [1.54, 1.807) is 14.2 Å². The third kappa shape index (κ3) is 4.07. The highest BCUT2D eigenvalue weighted by Crippen LogP contribution is 2.40. The molecule has 0 amide bonds. The number of fused-ring (bicyclic) bond motifs is 3. The number of para-hydroxylation sites is 2. The van der Waals surface area contributed by atoms with E-state index in [0.717, 1.165) is 66.9 Å². The Bertz CT molecular complexity index is 1450. The van der Waals surface area contributed by atoms with Crippen molar-refractivity contribution in [2.24, 2.45) is 0 Å². The summed E-state index contributed by atoms with van der Waals surface area (Å²) in [7, 11) is 3.43. The maximum atomic E-state index is 5.68. The summed E-state index contributed by atoms with van der Waals surface area (Å²) in [6.45, 7) is 8.74. The fraction of sp³-hybridized carbons (Fsp3) is 0.250. The fourth-order valence-corrected chi connectivity index (χ4v) is 4.95. The summed E-state index contributed by atoms with van der Waals surface area (Å²) < 4.78 is 11.4. The summed E-state index contributed by atoms with van der Waals surface area (Å²) >= 11 is 0. The van der Waals surface area contributed by atoms with Crippen LogP contribution in [0.3, 0.4) is 0 Å². The Morgan fingerprint density at radius 3 is 1.28 bits per heavy atom. The first kappa shape index (κ1) is 23.8. The van der Waals surface area contributed by atoms with Crippen LogP contribution in [-0.2, 0) is 0 Å². The summed E-state index contributed by atoms with van der Waals surface area (Å²) in [6, 6.07) is 25.1. The second-order valence-electron chi connectivity index (χ2n) is 9.76. The Balaban J connectivity index is 1.81. The minimum atomic E-state index is 0.238. The van der Waals surface area contributed by atoms with Crippen LogP contribution in [0.4, 0.5) is 0 Å². The zero-order chi connectivity index (χ0) is 25.4. The first-order valence-corrected chi connectivity index (χ1v) is 12.5. The van der Waals surface area contributed by atoms with Gasteiger partial charge >= 0.3 is 0 Å². The average molecular weight is 477 g/mol. The second-order valence-corrected chi connectivity index (χ2v) is 9.76. The highest BCUT2D eigenvalue weighted by Gasteiger charge is 2.20. The van der Waals surface area contributed by atoms with Gasteiger partial charge in [0.05, 0.1) is 36.6 Å². The number of aromatic nitrogens is 2. The van der Waals surface area contributed by atoms with Crippen LogP contribution < -0.4 is 9.47 Å². The van der Waals surface area contributed by atoms with Crippen molar-refractivity contribution in [3.8, 4) is 33.8 Å². The predicted molar refractivity (Wildman–Crippen MR) is 149 cm³/mol. The van der Waals surface area contributed by atoms with E-state index >= 15 is 0 Å². The van der Waals surface area contributed by atoms with Crippen LogP contribution >= 0.6 is 0 Å². The van der Waals surface area contributed by atoms with Crippen LogP contribution in [0.5, 0.6) is 11.5 Å². The molecule has 0 N–H and O–H groups in total. The number of ether oxygens (including phenoxy) is 2. The van der Waals surface area contributed by atoms with E-state index in [0.29, 0.717) is 0 Å². The average Bonchev–Trinajstić information content (AvgIpc) is 2.91. The second kappa shape index (κ2) is 9.62. The molecule has 0 aliphatic rings. The van der Waals surface area contributed by atoms with E-state index in [1.165, 1.54) is 0 Å². The number of hydrogen-bond donors (Lipinski definition) is 0. The lowest BCUT2D eigenvalue weighted by Gasteiger charge is -2.19. The third-order valence-corrected chi connectivity index (χ3v) is 6.72. The summed E-state index contributed by atoms with van der Waals surface area (Å²) in [5.74, 6) is 2.18.